The predicted molar refractivity (Wildman–Crippen MR) is 112 cm³/mol. The van der Waals surface area contributed by atoms with Crippen molar-refractivity contribution in [2.75, 3.05) is 5.32 Å². The number of alkyl halides is 3. The van der Waals surface area contributed by atoms with E-state index in [1.54, 1.807) is 12.1 Å². The van der Waals surface area contributed by atoms with E-state index in [0.29, 0.717) is 17.7 Å². The van der Waals surface area contributed by atoms with Crippen molar-refractivity contribution in [3.63, 3.8) is 0 Å². The van der Waals surface area contributed by atoms with Gasteiger partial charge in [-0.05, 0) is 53.9 Å². The first-order valence-corrected chi connectivity index (χ1v) is 9.55. The molecule has 32 heavy (non-hydrogen) atoms. The molecule has 0 saturated heterocycles. The summed E-state index contributed by atoms with van der Waals surface area (Å²) in [6, 6.07) is 22.7. The van der Waals surface area contributed by atoms with Gasteiger partial charge in [-0.25, -0.2) is 10.2 Å². The monoisotopic (exact) mass is 440 g/mol. The van der Waals surface area contributed by atoms with E-state index >= 15 is 0 Å². The van der Waals surface area contributed by atoms with Crippen LogP contribution >= 0.6 is 0 Å². The number of carbonyl (C=O) groups excluding carboxylic acids is 1. The fourth-order valence-corrected chi connectivity index (χ4v) is 2.94. The number of rotatable bonds is 7. The summed E-state index contributed by atoms with van der Waals surface area (Å²) < 4.78 is 40.5. The molecule has 164 valence electrons. The van der Waals surface area contributed by atoms with Crippen molar-refractivity contribution in [1.29, 1.82) is 5.26 Å². The summed E-state index contributed by atoms with van der Waals surface area (Å²) in [6.07, 6.45) is -4.24. The summed E-state index contributed by atoms with van der Waals surface area (Å²) in [6.45, 7) is 0. The maximum atomic E-state index is 12.3. The highest BCUT2D eigenvalue weighted by molar-refractivity contribution is 5.88. The molecular weight excluding hydrogens is 421 g/mol. The summed E-state index contributed by atoms with van der Waals surface area (Å²) in [5.74, 6) is -0.381. The van der Waals surface area contributed by atoms with Crippen LogP contribution in [0.2, 0.25) is 0 Å². The van der Waals surface area contributed by atoms with E-state index in [1.165, 1.54) is 12.1 Å². The Morgan fingerprint density at radius 2 is 1.62 bits per heavy atom. The smallest absolute Gasteiger partial charge is 0.406 e. The van der Waals surface area contributed by atoms with Crippen LogP contribution in [-0.4, -0.2) is 12.4 Å². The molecule has 2 amide bonds. The molecule has 3 aromatic carbocycles. The van der Waals surface area contributed by atoms with Crippen LogP contribution in [0.15, 0.2) is 78.9 Å². The number of halogens is 3. The lowest BCUT2D eigenvalue weighted by molar-refractivity contribution is -0.274. The number of nitrogens with one attached hydrogen (secondary N) is 3. The highest BCUT2D eigenvalue weighted by Crippen LogP contribution is 2.24. The van der Waals surface area contributed by atoms with E-state index in [4.69, 9.17) is 5.26 Å². The van der Waals surface area contributed by atoms with Gasteiger partial charge in [0.1, 0.15) is 5.75 Å². The first-order valence-electron chi connectivity index (χ1n) is 9.55. The number of amides is 2. The van der Waals surface area contributed by atoms with Crippen LogP contribution in [0.4, 0.5) is 23.7 Å². The number of carbonyl (C=O) groups is 1. The normalized spacial score (nSPS) is 11.8. The fourth-order valence-electron chi connectivity index (χ4n) is 2.94. The number of hydrazine groups is 1. The number of benzene rings is 3. The molecule has 6 nitrogen and oxygen atoms in total. The van der Waals surface area contributed by atoms with Crippen molar-refractivity contribution in [2.24, 2.45) is 0 Å². The van der Waals surface area contributed by atoms with Crippen molar-refractivity contribution >= 4 is 11.7 Å². The van der Waals surface area contributed by atoms with Crippen LogP contribution in [0, 0.1) is 11.3 Å². The molecule has 0 aromatic heterocycles. The van der Waals surface area contributed by atoms with E-state index in [-0.39, 0.29) is 11.8 Å². The Morgan fingerprint density at radius 3 is 2.22 bits per heavy atom. The first kappa shape index (κ1) is 22.7. The molecule has 0 spiro atoms. The zero-order chi connectivity index (χ0) is 23.0. The van der Waals surface area contributed by atoms with Crippen molar-refractivity contribution < 1.29 is 22.7 Å². The topological polar surface area (TPSA) is 86.2 Å². The van der Waals surface area contributed by atoms with Crippen molar-refractivity contribution in [3.05, 3.63) is 95.6 Å². The van der Waals surface area contributed by atoms with Crippen LogP contribution in [-0.2, 0) is 6.42 Å². The molecule has 0 aliphatic heterocycles. The lowest BCUT2D eigenvalue weighted by Gasteiger charge is -2.20. The second-order valence-electron chi connectivity index (χ2n) is 6.77. The number of ether oxygens (including phenoxy) is 1. The SMILES string of the molecule is N#Cc1ccc(CC(NNC(=O)Nc2ccc(OC(F)(F)F)cc2)c2ccccc2)cc1. The zero-order valence-corrected chi connectivity index (χ0v) is 16.7. The van der Waals surface area contributed by atoms with E-state index in [9.17, 15) is 18.0 Å². The Kier molecular flexibility index (Phi) is 7.31. The Bertz CT molecular complexity index is 1060. The molecule has 0 aliphatic rings. The predicted octanol–water partition coefficient (Wildman–Crippen LogP) is 5.07. The van der Waals surface area contributed by atoms with Gasteiger partial charge in [-0.1, -0.05) is 42.5 Å². The van der Waals surface area contributed by atoms with E-state index in [0.717, 1.165) is 23.3 Å². The van der Waals surface area contributed by atoms with E-state index < -0.39 is 12.4 Å². The Balaban J connectivity index is 1.61. The molecule has 3 N–H and O–H groups in total. The van der Waals surface area contributed by atoms with Crippen molar-refractivity contribution in [1.82, 2.24) is 10.9 Å². The molecule has 0 heterocycles. The van der Waals surface area contributed by atoms with Gasteiger partial charge in [0.15, 0.2) is 0 Å². The highest BCUT2D eigenvalue weighted by atomic mass is 19.4. The average molecular weight is 440 g/mol. The molecule has 3 rings (SSSR count). The van der Waals surface area contributed by atoms with Gasteiger partial charge in [0, 0.05) is 5.69 Å². The lowest BCUT2D eigenvalue weighted by Crippen LogP contribution is -2.43. The first-order chi connectivity index (χ1) is 15.3. The van der Waals surface area contributed by atoms with Crippen LogP contribution < -0.4 is 20.9 Å². The third-order valence-electron chi connectivity index (χ3n) is 4.43. The molecule has 1 unspecified atom stereocenters. The minimum Gasteiger partial charge on any atom is -0.406 e. The van der Waals surface area contributed by atoms with Gasteiger partial charge in [0.05, 0.1) is 17.7 Å². The van der Waals surface area contributed by atoms with Gasteiger partial charge in [0.25, 0.3) is 0 Å². The summed E-state index contributed by atoms with van der Waals surface area (Å²) in [5.41, 5.74) is 8.29. The quantitative estimate of drug-likeness (QED) is 0.448. The van der Waals surface area contributed by atoms with Crippen molar-refractivity contribution in [2.45, 2.75) is 18.8 Å². The molecule has 1 atom stereocenters. The summed E-state index contributed by atoms with van der Waals surface area (Å²) in [7, 11) is 0. The van der Waals surface area contributed by atoms with Crippen LogP contribution in [0.5, 0.6) is 5.75 Å². The average Bonchev–Trinajstić information content (AvgIpc) is 2.78. The molecule has 0 saturated carbocycles. The third-order valence-corrected chi connectivity index (χ3v) is 4.43. The van der Waals surface area contributed by atoms with Gasteiger partial charge in [-0.3, -0.25) is 5.43 Å². The number of hydrogen-bond acceptors (Lipinski definition) is 4. The number of nitrogens with zero attached hydrogens (tertiary/aromatic N) is 1. The minimum atomic E-state index is -4.78. The fraction of sp³-hybridized carbons (Fsp3) is 0.130. The van der Waals surface area contributed by atoms with Gasteiger partial charge >= 0.3 is 12.4 Å². The van der Waals surface area contributed by atoms with Gasteiger partial charge in [-0.2, -0.15) is 5.26 Å². The molecule has 0 aliphatic carbocycles. The summed E-state index contributed by atoms with van der Waals surface area (Å²) >= 11 is 0. The van der Waals surface area contributed by atoms with Gasteiger partial charge < -0.3 is 10.1 Å². The van der Waals surface area contributed by atoms with Crippen molar-refractivity contribution in [3.8, 4) is 11.8 Å². The molecule has 0 fully saturated rings. The van der Waals surface area contributed by atoms with Gasteiger partial charge in [-0.15, -0.1) is 13.2 Å². The molecule has 3 aromatic rings. The van der Waals surface area contributed by atoms with Crippen LogP contribution in [0.1, 0.15) is 22.7 Å². The second-order valence-corrected chi connectivity index (χ2v) is 6.77. The summed E-state index contributed by atoms with van der Waals surface area (Å²) in [5, 5.41) is 11.5. The Morgan fingerprint density at radius 1 is 0.969 bits per heavy atom. The number of urea groups is 1. The molecule has 0 bridgehead atoms. The van der Waals surface area contributed by atoms with Crippen LogP contribution in [0.25, 0.3) is 0 Å². The Hall–Kier alpha value is -4.03. The Labute approximate surface area is 182 Å². The van der Waals surface area contributed by atoms with Crippen LogP contribution in [0.3, 0.4) is 0 Å². The van der Waals surface area contributed by atoms with E-state index in [2.05, 4.69) is 27.0 Å². The maximum Gasteiger partial charge on any atom is 0.573 e. The maximum absolute atomic E-state index is 12.3. The molecular formula is C23H19F3N4O2. The number of anilines is 1. The standard InChI is InChI=1S/C23H19F3N4O2/c24-23(25,26)32-20-12-10-19(11-13-20)28-22(31)30-29-21(18-4-2-1-3-5-18)14-16-6-8-17(15-27)9-7-16/h1-13,21,29H,14H2,(H2,28,30,31). The molecule has 0 radical (unpaired) electrons. The highest BCUT2D eigenvalue weighted by Gasteiger charge is 2.30. The summed E-state index contributed by atoms with van der Waals surface area (Å²) in [4.78, 5) is 12.3. The lowest BCUT2D eigenvalue weighted by atomic mass is 9.99. The third kappa shape index (κ3) is 7.04. The second kappa shape index (κ2) is 10.3. The minimum absolute atomic E-state index is 0.266. The van der Waals surface area contributed by atoms with E-state index in [1.807, 2.05) is 42.5 Å². The number of hydrogen-bond donors (Lipinski definition) is 3. The van der Waals surface area contributed by atoms with Gasteiger partial charge in [0.2, 0.25) is 0 Å². The molecule has 9 heteroatoms. The largest absolute Gasteiger partial charge is 0.573 e. The zero-order valence-electron chi connectivity index (χ0n) is 16.7. The number of nitriles is 1.